The fraction of sp³-hybridized carbons (Fsp3) is 0.600. The molecule has 1 saturated carbocycles. The van der Waals surface area contributed by atoms with Crippen LogP contribution in [0.15, 0.2) is 18.2 Å². The van der Waals surface area contributed by atoms with E-state index in [1.807, 2.05) is 6.07 Å². The van der Waals surface area contributed by atoms with Crippen LogP contribution in [0, 0.1) is 11.3 Å². The Morgan fingerprint density at radius 2 is 2.11 bits per heavy atom. The maximum absolute atomic E-state index is 10.5. The summed E-state index contributed by atoms with van der Waals surface area (Å²) >= 11 is 12.1. The van der Waals surface area contributed by atoms with E-state index in [4.69, 9.17) is 23.2 Å². The van der Waals surface area contributed by atoms with Gasteiger partial charge in [0.1, 0.15) is 0 Å². The summed E-state index contributed by atoms with van der Waals surface area (Å²) in [7, 11) is 0. The number of hydrogen-bond donors (Lipinski definition) is 1. The summed E-state index contributed by atoms with van der Waals surface area (Å²) in [5.41, 5.74) is 1.17. The third-order valence-corrected chi connectivity index (χ3v) is 4.85. The largest absolute Gasteiger partial charge is 0.392 e. The average molecular weight is 287 g/mol. The van der Waals surface area contributed by atoms with Gasteiger partial charge in [-0.1, -0.05) is 43.5 Å². The standard InChI is InChI=1S/C15H20Cl2O/c1-15(2)7-3-4-12(15)14(18)9-10-8-11(16)5-6-13(10)17/h5-6,8,12,14,18H,3-4,7,9H2,1-2H3. The van der Waals surface area contributed by atoms with Gasteiger partial charge in [0.2, 0.25) is 0 Å². The van der Waals surface area contributed by atoms with Crippen LogP contribution in [0.4, 0.5) is 0 Å². The number of hydrogen-bond acceptors (Lipinski definition) is 1. The smallest absolute Gasteiger partial charge is 0.0614 e. The van der Waals surface area contributed by atoms with Crippen molar-refractivity contribution in [1.29, 1.82) is 0 Å². The number of rotatable bonds is 3. The highest BCUT2D eigenvalue weighted by Gasteiger charge is 2.38. The molecule has 0 bridgehead atoms. The first kappa shape index (κ1) is 14.2. The lowest BCUT2D eigenvalue weighted by Crippen LogP contribution is -2.31. The summed E-state index contributed by atoms with van der Waals surface area (Å²) < 4.78 is 0. The van der Waals surface area contributed by atoms with E-state index in [0.29, 0.717) is 22.4 Å². The van der Waals surface area contributed by atoms with Crippen molar-refractivity contribution in [3.8, 4) is 0 Å². The molecule has 0 spiro atoms. The summed E-state index contributed by atoms with van der Waals surface area (Å²) in [5.74, 6) is 0.354. The zero-order valence-electron chi connectivity index (χ0n) is 10.9. The second kappa shape index (κ2) is 5.40. The molecule has 1 aromatic carbocycles. The Morgan fingerprint density at radius 3 is 2.72 bits per heavy atom. The lowest BCUT2D eigenvalue weighted by molar-refractivity contribution is 0.0543. The van der Waals surface area contributed by atoms with Gasteiger partial charge in [0, 0.05) is 16.5 Å². The van der Waals surface area contributed by atoms with Crippen LogP contribution in [0.2, 0.25) is 10.0 Å². The molecule has 0 heterocycles. The number of benzene rings is 1. The first-order valence-corrected chi connectivity index (χ1v) is 7.28. The number of aliphatic hydroxyl groups excluding tert-OH is 1. The molecule has 0 aliphatic heterocycles. The molecular formula is C15H20Cl2O. The molecule has 2 atom stereocenters. The molecule has 1 aromatic rings. The zero-order chi connectivity index (χ0) is 13.3. The van der Waals surface area contributed by atoms with Gasteiger partial charge < -0.3 is 5.11 Å². The summed E-state index contributed by atoms with van der Waals surface area (Å²) in [6.07, 6.45) is 3.76. The van der Waals surface area contributed by atoms with Gasteiger partial charge in [0.25, 0.3) is 0 Å². The van der Waals surface area contributed by atoms with E-state index in [1.54, 1.807) is 12.1 Å². The predicted octanol–water partition coefficient (Wildman–Crippen LogP) is 4.72. The van der Waals surface area contributed by atoms with Crippen molar-refractivity contribution in [1.82, 2.24) is 0 Å². The molecule has 1 fully saturated rings. The second-order valence-electron chi connectivity index (χ2n) is 5.99. The quantitative estimate of drug-likeness (QED) is 0.852. The van der Waals surface area contributed by atoms with E-state index in [-0.39, 0.29) is 11.5 Å². The third-order valence-electron chi connectivity index (χ3n) is 4.24. The molecule has 0 amide bonds. The molecule has 2 unspecified atom stereocenters. The SMILES string of the molecule is CC1(C)CCCC1C(O)Cc1cc(Cl)ccc1Cl. The maximum atomic E-state index is 10.5. The van der Waals surface area contributed by atoms with E-state index in [9.17, 15) is 5.11 Å². The van der Waals surface area contributed by atoms with Gasteiger partial charge in [0.15, 0.2) is 0 Å². The summed E-state index contributed by atoms with van der Waals surface area (Å²) in [5, 5.41) is 11.8. The Balaban J connectivity index is 2.11. The zero-order valence-corrected chi connectivity index (χ0v) is 12.4. The molecule has 0 aromatic heterocycles. The van der Waals surface area contributed by atoms with Gasteiger partial charge in [-0.05, 0) is 47.9 Å². The molecule has 1 aliphatic rings. The fourth-order valence-corrected chi connectivity index (χ4v) is 3.52. The molecule has 100 valence electrons. The molecule has 1 aliphatic carbocycles. The van der Waals surface area contributed by atoms with Crippen LogP contribution in [0.3, 0.4) is 0 Å². The van der Waals surface area contributed by atoms with Crippen LogP contribution in [0.5, 0.6) is 0 Å². The number of halogens is 2. The van der Waals surface area contributed by atoms with E-state index >= 15 is 0 Å². The van der Waals surface area contributed by atoms with Crippen molar-refractivity contribution in [3.05, 3.63) is 33.8 Å². The van der Waals surface area contributed by atoms with Crippen molar-refractivity contribution in [2.75, 3.05) is 0 Å². The highest BCUT2D eigenvalue weighted by atomic mass is 35.5. The normalized spacial score (nSPS) is 24.2. The molecule has 2 rings (SSSR count). The average Bonchev–Trinajstić information content (AvgIpc) is 2.63. The van der Waals surface area contributed by atoms with Crippen molar-refractivity contribution >= 4 is 23.2 Å². The Morgan fingerprint density at radius 1 is 1.39 bits per heavy atom. The summed E-state index contributed by atoms with van der Waals surface area (Å²) in [6, 6.07) is 5.43. The lowest BCUT2D eigenvalue weighted by Gasteiger charge is -2.31. The Bertz CT molecular complexity index is 429. The fourth-order valence-electron chi connectivity index (χ4n) is 3.13. The minimum absolute atomic E-state index is 0.227. The van der Waals surface area contributed by atoms with Crippen LogP contribution >= 0.6 is 23.2 Å². The highest BCUT2D eigenvalue weighted by molar-refractivity contribution is 6.33. The second-order valence-corrected chi connectivity index (χ2v) is 6.84. The van der Waals surface area contributed by atoms with Gasteiger partial charge in [0.05, 0.1) is 6.10 Å². The minimum Gasteiger partial charge on any atom is -0.392 e. The van der Waals surface area contributed by atoms with E-state index in [1.165, 1.54) is 12.8 Å². The maximum Gasteiger partial charge on any atom is 0.0614 e. The minimum atomic E-state index is -0.335. The predicted molar refractivity (Wildman–Crippen MR) is 77.3 cm³/mol. The van der Waals surface area contributed by atoms with Crippen LogP contribution in [0.1, 0.15) is 38.7 Å². The van der Waals surface area contributed by atoms with Crippen molar-refractivity contribution in [3.63, 3.8) is 0 Å². The van der Waals surface area contributed by atoms with Crippen LogP contribution in [0.25, 0.3) is 0 Å². The first-order valence-electron chi connectivity index (χ1n) is 6.52. The Labute approximate surface area is 119 Å². The van der Waals surface area contributed by atoms with Crippen molar-refractivity contribution in [2.45, 2.75) is 45.6 Å². The van der Waals surface area contributed by atoms with Gasteiger partial charge in [-0.15, -0.1) is 0 Å². The Kier molecular flexibility index (Phi) is 4.25. The van der Waals surface area contributed by atoms with Crippen molar-refractivity contribution in [2.24, 2.45) is 11.3 Å². The third kappa shape index (κ3) is 3.01. The highest BCUT2D eigenvalue weighted by Crippen LogP contribution is 2.45. The molecule has 0 saturated heterocycles. The molecule has 3 heteroatoms. The first-order chi connectivity index (χ1) is 8.40. The van der Waals surface area contributed by atoms with E-state index in [0.717, 1.165) is 12.0 Å². The topological polar surface area (TPSA) is 20.2 Å². The van der Waals surface area contributed by atoms with Crippen LogP contribution in [-0.2, 0) is 6.42 Å². The summed E-state index contributed by atoms with van der Waals surface area (Å²) in [4.78, 5) is 0. The van der Waals surface area contributed by atoms with Gasteiger partial charge in [-0.25, -0.2) is 0 Å². The summed E-state index contributed by atoms with van der Waals surface area (Å²) in [6.45, 7) is 4.49. The van der Waals surface area contributed by atoms with Crippen LogP contribution < -0.4 is 0 Å². The van der Waals surface area contributed by atoms with Gasteiger partial charge >= 0.3 is 0 Å². The molecular weight excluding hydrogens is 267 g/mol. The monoisotopic (exact) mass is 286 g/mol. The molecule has 0 radical (unpaired) electrons. The van der Waals surface area contributed by atoms with Crippen LogP contribution in [-0.4, -0.2) is 11.2 Å². The molecule has 1 N–H and O–H groups in total. The van der Waals surface area contributed by atoms with Gasteiger partial charge in [-0.2, -0.15) is 0 Å². The molecule has 18 heavy (non-hydrogen) atoms. The van der Waals surface area contributed by atoms with E-state index < -0.39 is 0 Å². The lowest BCUT2D eigenvalue weighted by atomic mass is 9.77. The molecule has 1 nitrogen and oxygen atoms in total. The number of aliphatic hydroxyl groups is 1. The van der Waals surface area contributed by atoms with Gasteiger partial charge in [-0.3, -0.25) is 0 Å². The van der Waals surface area contributed by atoms with Crippen molar-refractivity contribution < 1.29 is 5.11 Å². The van der Waals surface area contributed by atoms with E-state index in [2.05, 4.69) is 13.8 Å². The Hall–Kier alpha value is -0.240.